The number of hydrogen-bond acceptors (Lipinski definition) is 6. The molecule has 0 atom stereocenters. The van der Waals surface area contributed by atoms with Gasteiger partial charge in [0, 0.05) is 37.0 Å². The molecule has 3 N–H and O–H groups in total. The number of rotatable bonds is 14. The van der Waals surface area contributed by atoms with Crippen molar-refractivity contribution < 1.29 is 14.6 Å². The van der Waals surface area contributed by atoms with Crippen molar-refractivity contribution in [2.75, 3.05) is 49.6 Å². The number of carbonyl (C=O) groups is 1. The minimum atomic E-state index is -0.433. The number of amides is 2. The first-order valence-corrected chi connectivity index (χ1v) is 16.0. The van der Waals surface area contributed by atoms with Crippen molar-refractivity contribution in [2.45, 2.75) is 59.8 Å². The van der Waals surface area contributed by atoms with Crippen molar-refractivity contribution >= 4 is 28.4 Å². The molecule has 9 nitrogen and oxygen atoms in total. The number of likely N-dealkylation sites (N-methyl/N-ethyl adjacent to an activating group) is 1. The lowest BCUT2D eigenvalue weighted by molar-refractivity contribution is 0.223. The SMILES string of the molecule is CCN(CC)CCOc1cccc(-c2cc(C(C)C)c(NC(=O)N(CCCO)c3cc4cccnc4[nH]c3=O)c(C(C)C)c2)c1. The van der Waals surface area contributed by atoms with E-state index in [1.807, 2.05) is 18.2 Å². The van der Waals surface area contributed by atoms with E-state index in [1.54, 1.807) is 18.3 Å². The second-order valence-electron chi connectivity index (χ2n) is 11.8. The van der Waals surface area contributed by atoms with E-state index >= 15 is 0 Å². The Labute approximate surface area is 266 Å². The number of anilines is 2. The highest BCUT2D eigenvalue weighted by Gasteiger charge is 2.24. The zero-order valence-corrected chi connectivity index (χ0v) is 27.4. The smallest absolute Gasteiger partial charge is 0.326 e. The first-order chi connectivity index (χ1) is 21.7. The lowest BCUT2D eigenvalue weighted by Crippen LogP contribution is -2.39. The summed E-state index contributed by atoms with van der Waals surface area (Å²) < 4.78 is 6.12. The number of ether oxygens (including phenoxy) is 1. The second kappa shape index (κ2) is 15.7. The maximum atomic E-state index is 14.0. The number of fused-ring (bicyclic) bond motifs is 1. The number of hydrogen-bond donors (Lipinski definition) is 3. The minimum absolute atomic E-state index is 0.104. The minimum Gasteiger partial charge on any atom is -0.492 e. The van der Waals surface area contributed by atoms with Crippen LogP contribution in [0.5, 0.6) is 5.75 Å². The Kier molecular flexibility index (Phi) is 11.7. The molecule has 0 fully saturated rings. The first kappa shape index (κ1) is 33.7. The van der Waals surface area contributed by atoms with Crippen molar-refractivity contribution in [3.8, 4) is 16.9 Å². The number of aliphatic hydroxyl groups excluding tert-OH is 1. The van der Waals surface area contributed by atoms with Crippen molar-refractivity contribution in [3.05, 3.63) is 82.3 Å². The number of aliphatic hydroxyl groups is 1. The van der Waals surface area contributed by atoms with Gasteiger partial charge in [0.15, 0.2) is 0 Å². The zero-order chi connectivity index (χ0) is 32.5. The first-order valence-electron chi connectivity index (χ1n) is 16.0. The van der Waals surface area contributed by atoms with E-state index in [-0.39, 0.29) is 30.7 Å². The average molecular weight is 614 g/mol. The van der Waals surface area contributed by atoms with E-state index in [0.29, 0.717) is 24.1 Å². The van der Waals surface area contributed by atoms with Crippen LogP contribution in [-0.2, 0) is 0 Å². The van der Waals surface area contributed by atoms with E-state index in [2.05, 4.69) is 86.0 Å². The molecule has 0 aliphatic heterocycles. The van der Waals surface area contributed by atoms with Gasteiger partial charge in [-0.05, 0) is 96.1 Å². The quantitative estimate of drug-likeness (QED) is 0.142. The van der Waals surface area contributed by atoms with E-state index in [1.165, 1.54) is 4.90 Å². The molecule has 4 aromatic rings. The van der Waals surface area contributed by atoms with Crippen molar-refractivity contribution in [1.29, 1.82) is 0 Å². The molecular weight excluding hydrogens is 566 g/mol. The number of carbonyl (C=O) groups excluding carboxylic acids is 1. The third kappa shape index (κ3) is 8.29. The Hall–Kier alpha value is -4.21. The van der Waals surface area contributed by atoms with Crippen LogP contribution in [0.15, 0.2) is 65.6 Å². The molecule has 0 saturated heterocycles. The van der Waals surface area contributed by atoms with Crippen LogP contribution in [0.4, 0.5) is 16.2 Å². The van der Waals surface area contributed by atoms with Gasteiger partial charge in [-0.1, -0.05) is 53.7 Å². The van der Waals surface area contributed by atoms with Gasteiger partial charge in [0.05, 0.1) is 0 Å². The summed E-state index contributed by atoms with van der Waals surface area (Å²) in [7, 11) is 0. The second-order valence-corrected chi connectivity index (χ2v) is 11.8. The highest BCUT2D eigenvalue weighted by Crippen LogP contribution is 2.38. The van der Waals surface area contributed by atoms with E-state index in [0.717, 1.165) is 53.3 Å². The van der Waals surface area contributed by atoms with Crippen molar-refractivity contribution in [3.63, 3.8) is 0 Å². The Bertz CT molecular complexity index is 1620. The van der Waals surface area contributed by atoms with Crippen LogP contribution in [0.2, 0.25) is 0 Å². The zero-order valence-electron chi connectivity index (χ0n) is 27.4. The number of H-pyrrole nitrogens is 1. The average Bonchev–Trinajstić information content (AvgIpc) is 3.03. The number of urea groups is 1. The molecule has 240 valence electrons. The molecule has 2 aromatic carbocycles. The van der Waals surface area contributed by atoms with Crippen LogP contribution in [-0.4, -0.2) is 65.4 Å². The van der Waals surface area contributed by atoms with Gasteiger partial charge in [-0.3, -0.25) is 9.69 Å². The molecule has 2 heterocycles. The molecule has 0 aliphatic rings. The predicted molar refractivity (Wildman–Crippen MR) is 184 cm³/mol. The molecule has 0 aliphatic carbocycles. The van der Waals surface area contributed by atoms with Crippen LogP contribution < -0.4 is 20.5 Å². The summed E-state index contributed by atoms with van der Waals surface area (Å²) in [6.07, 6.45) is 1.92. The number of aromatic nitrogens is 2. The molecular formula is C36H47N5O4. The topological polar surface area (TPSA) is 111 Å². The molecule has 0 saturated carbocycles. The Morgan fingerprint density at radius 2 is 1.67 bits per heavy atom. The van der Waals surface area contributed by atoms with Gasteiger partial charge in [0.25, 0.3) is 5.56 Å². The third-order valence-corrected chi connectivity index (χ3v) is 8.08. The lowest BCUT2D eigenvalue weighted by Gasteiger charge is -2.26. The maximum absolute atomic E-state index is 14.0. The summed E-state index contributed by atoms with van der Waals surface area (Å²) in [6.45, 7) is 16.3. The Morgan fingerprint density at radius 1 is 0.956 bits per heavy atom. The molecule has 0 bridgehead atoms. The van der Waals surface area contributed by atoms with Crippen LogP contribution in [0.3, 0.4) is 0 Å². The largest absolute Gasteiger partial charge is 0.492 e. The highest BCUT2D eigenvalue weighted by molar-refractivity contribution is 6.03. The van der Waals surface area contributed by atoms with E-state index < -0.39 is 11.6 Å². The van der Waals surface area contributed by atoms with Crippen LogP contribution in [0, 0.1) is 0 Å². The van der Waals surface area contributed by atoms with Gasteiger partial charge in [-0.25, -0.2) is 9.78 Å². The lowest BCUT2D eigenvalue weighted by atomic mass is 9.88. The third-order valence-electron chi connectivity index (χ3n) is 8.08. The monoisotopic (exact) mass is 613 g/mol. The van der Waals surface area contributed by atoms with Gasteiger partial charge in [-0.2, -0.15) is 0 Å². The molecule has 0 spiro atoms. The standard InChI is InChI=1S/C36H47N5O4/c1-7-40(8-2)17-19-45-29-14-9-12-26(20-29)28-21-30(24(3)4)33(31(22-28)25(5)6)38-36(44)41(16-11-18-42)32-23-27-13-10-15-37-34(27)39-35(32)43/h9-10,12-15,20-25,42H,7-8,11,16-19H2,1-6H3,(H,38,44)(H,37,39,43). The molecule has 9 heteroatoms. The van der Waals surface area contributed by atoms with Crippen LogP contribution >= 0.6 is 0 Å². The fourth-order valence-corrected chi connectivity index (χ4v) is 5.47. The van der Waals surface area contributed by atoms with Crippen molar-refractivity contribution in [1.82, 2.24) is 14.9 Å². The van der Waals surface area contributed by atoms with E-state index in [9.17, 15) is 14.7 Å². The van der Waals surface area contributed by atoms with Crippen molar-refractivity contribution in [2.24, 2.45) is 0 Å². The van der Waals surface area contributed by atoms with Gasteiger partial charge in [0.1, 0.15) is 23.7 Å². The maximum Gasteiger partial charge on any atom is 0.326 e. The highest BCUT2D eigenvalue weighted by atomic mass is 16.5. The van der Waals surface area contributed by atoms with Crippen LogP contribution in [0.1, 0.15) is 70.9 Å². The predicted octanol–water partition coefficient (Wildman–Crippen LogP) is 6.98. The molecule has 4 rings (SSSR count). The normalized spacial score (nSPS) is 11.5. The summed E-state index contributed by atoms with van der Waals surface area (Å²) in [5.41, 5.74) is 5.06. The molecule has 0 unspecified atom stereocenters. The number of nitrogens with zero attached hydrogens (tertiary/aromatic N) is 3. The summed E-state index contributed by atoms with van der Waals surface area (Å²) in [6, 6.07) is 17.3. The van der Waals surface area contributed by atoms with Gasteiger partial charge in [-0.15, -0.1) is 0 Å². The number of pyridine rings is 2. The number of aromatic amines is 1. The molecule has 0 radical (unpaired) electrons. The number of nitrogens with one attached hydrogen (secondary N) is 2. The Balaban J connectivity index is 1.69. The van der Waals surface area contributed by atoms with Gasteiger partial charge >= 0.3 is 6.03 Å². The summed E-state index contributed by atoms with van der Waals surface area (Å²) in [4.78, 5) is 37.8. The molecule has 2 amide bonds. The number of benzene rings is 2. The van der Waals surface area contributed by atoms with Gasteiger partial charge in [0.2, 0.25) is 0 Å². The fourth-order valence-electron chi connectivity index (χ4n) is 5.47. The van der Waals surface area contributed by atoms with E-state index in [4.69, 9.17) is 4.74 Å². The molecule has 2 aromatic heterocycles. The summed E-state index contributed by atoms with van der Waals surface area (Å²) in [5, 5.41) is 13.5. The summed E-state index contributed by atoms with van der Waals surface area (Å²) >= 11 is 0. The molecule has 45 heavy (non-hydrogen) atoms. The summed E-state index contributed by atoms with van der Waals surface area (Å²) in [5.74, 6) is 1.03. The Morgan fingerprint density at radius 3 is 2.31 bits per heavy atom. The van der Waals surface area contributed by atoms with Gasteiger partial charge < -0.3 is 25.0 Å². The fraction of sp³-hybridized carbons (Fsp3) is 0.417. The van der Waals surface area contributed by atoms with Crippen LogP contribution in [0.25, 0.3) is 22.2 Å².